The molecular formula is C11H16N2O3. The number of aliphatic carboxylic acids is 1. The molecular weight excluding hydrogens is 208 g/mol. The minimum atomic E-state index is -0.838. The number of imidazole rings is 1. The van der Waals surface area contributed by atoms with Crippen molar-refractivity contribution in [3.8, 4) is 0 Å². The summed E-state index contributed by atoms with van der Waals surface area (Å²) in [6.07, 6.45) is 7.92. The molecule has 5 nitrogen and oxygen atoms in total. The highest BCUT2D eigenvalue weighted by atomic mass is 16.4. The van der Waals surface area contributed by atoms with E-state index in [1.165, 1.54) is 0 Å². The quantitative estimate of drug-likeness (QED) is 0.812. The second-order valence-electron chi connectivity index (χ2n) is 4.49. The highest BCUT2D eigenvalue weighted by Crippen LogP contribution is 2.36. The molecule has 1 aromatic rings. The molecule has 88 valence electrons. The number of H-pyrrole nitrogens is 1. The fraction of sp³-hybridized carbons (Fsp3) is 0.636. The molecule has 0 spiro atoms. The minimum absolute atomic E-state index is 0.0325. The molecule has 2 N–H and O–H groups in total. The molecule has 1 aromatic heterocycles. The summed E-state index contributed by atoms with van der Waals surface area (Å²) in [5, 5.41) is 9.00. The van der Waals surface area contributed by atoms with Gasteiger partial charge in [-0.3, -0.25) is 9.36 Å². The zero-order valence-corrected chi connectivity index (χ0v) is 9.11. The topological polar surface area (TPSA) is 75.1 Å². The molecule has 0 unspecified atom stereocenters. The van der Waals surface area contributed by atoms with E-state index in [0.717, 1.165) is 32.1 Å². The van der Waals surface area contributed by atoms with Crippen molar-refractivity contribution < 1.29 is 9.90 Å². The third-order valence-corrected chi connectivity index (χ3v) is 3.42. The van der Waals surface area contributed by atoms with Gasteiger partial charge in [-0.05, 0) is 12.8 Å². The predicted octanol–water partition coefficient (Wildman–Crippen LogP) is 1.31. The van der Waals surface area contributed by atoms with Gasteiger partial charge in [0.05, 0.1) is 12.0 Å². The lowest BCUT2D eigenvalue weighted by molar-refractivity contribution is -0.140. The standard InChI is InChI=1S/C11H16N2O3/c14-9(15)8-11(4-2-1-3-5-11)13-7-6-12-10(13)16/h6-7H,1-5,8H2,(H,12,16)(H,14,15). The van der Waals surface area contributed by atoms with E-state index in [1.807, 2.05) is 0 Å². The van der Waals surface area contributed by atoms with Crippen molar-refractivity contribution in [3.05, 3.63) is 22.9 Å². The van der Waals surface area contributed by atoms with Crippen LogP contribution in [-0.4, -0.2) is 20.6 Å². The number of carboxylic acids is 1. The molecule has 1 aliphatic rings. The Balaban J connectivity index is 2.37. The van der Waals surface area contributed by atoms with Crippen molar-refractivity contribution in [1.29, 1.82) is 0 Å². The summed E-state index contributed by atoms with van der Waals surface area (Å²) >= 11 is 0. The van der Waals surface area contributed by atoms with E-state index in [9.17, 15) is 9.59 Å². The minimum Gasteiger partial charge on any atom is -0.481 e. The van der Waals surface area contributed by atoms with Crippen LogP contribution in [0.3, 0.4) is 0 Å². The number of hydrogen-bond donors (Lipinski definition) is 2. The van der Waals surface area contributed by atoms with Crippen LogP contribution in [0.2, 0.25) is 0 Å². The Morgan fingerprint density at radius 3 is 2.62 bits per heavy atom. The van der Waals surface area contributed by atoms with Gasteiger partial charge in [0.2, 0.25) is 0 Å². The van der Waals surface area contributed by atoms with E-state index in [4.69, 9.17) is 5.11 Å². The third-order valence-electron chi connectivity index (χ3n) is 3.42. The Morgan fingerprint density at radius 2 is 2.12 bits per heavy atom. The van der Waals surface area contributed by atoms with Gasteiger partial charge in [0.1, 0.15) is 0 Å². The number of aromatic nitrogens is 2. The van der Waals surface area contributed by atoms with Crippen molar-refractivity contribution in [2.24, 2.45) is 0 Å². The molecule has 0 radical (unpaired) electrons. The molecule has 5 heteroatoms. The second kappa shape index (κ2) is 4.15. The molecule has 0 bridgehead atoms. The molecule has 2 rings (SSSR count). The summed E-state index contributed by atoms with van der Waals surface area (Å²) in [5.74, 6) is -0.838. The summed E-state index contributed by atoms with van der Waals surface area (Å²) in [5.41, 5.74) is -0.718. The van der Waals surface area contributed by atoms with Crippen LogP contribution in [0.15, 0.2) is 17.2 Å². The van der Waals surface area contributed by atoms with Crippen LogP contribution in [0, 0.1) is 0 Å². The Kier molecular flexibility index (Phi) is 2.85. The molecule has 0 atom stereocenters. The van der Waals surface area contributed by atoms with Crippen LogP contribution in [0.5, 0.6) is 0 Å². The summed E-state index contributed by atoms with van der Waals surface area (Å²) in [6, 6.07) is 0. The smallest absolute Gasteiger partial charge is 0.326 e. The monoisotopic (exact) mass is 224 g/mol. The van der Waals surface area contributed by atoms with Gasteiger partial charge in [-0.1, -0.05) is 19.3 Å². The zero-order valence-electron chi connectivity index (χ0n) is 9.11. The first-order chi connectivity index (χ1) is 7.64. The van der Waals surface area contributed by atoms with Crippen LogP contribution in [0.25, 0.3) is 0 Å². The maximum absolute atomic E-state index is 11.6. The van der Waals surface area contributed by atoms with Crippen molar-refractivity contribution >= 4 is 5.97 Å². The number of carboxylic acid groups (broad SMARTS) is 1. The maximum atomic E-state index is 11.6. The summed E-state index contributed by atoms with van der Waals surface area (Å²) < 4.78 is 1.57. The van der Waals surface area contributed by atoms with E-state index in [1.54, 1.807) is 17.0 Å². The van der Waals surface area contributed by atoms with Crippen molar-refractivity contribution in [2.75, 3.05) is 0 Å². The van der Waals surface area contributed by atoms with Gasteiger partial charge >= 0.3 is 11.7 Å². The van der Waals surface area contributed by atoms with Gasteiger partial charge in [-0.15, -0.1) is 0 Å². The van der Waals surface area contributed by atoms with Crippen LogP contribution in [-0.2, 0) is 10.3 Å². The van der Waals surface area contributed by atoms with E-state index >= 15 is 0 Å². The fourth-order valence-corrected chi connectivity index (χ4v) is 2.69. The molecule has 1 heterocycles. The first kappa shape index (κ1) is 11.0. The van der Waals surface area contributed by atoms with Crippen molar-refractivity contribution in [2.45, 2.75) is 44.1 Å². The SMILES string of the molecule is O=C(O)CC1(n2cc[nH]c2=O)CCCCC1. The molecule has 0 aliphatic heterocycles. The van der Waals surface area contributed by atoms with Crippen molar-refractivity contribution in [1.82, 2.24) is 9.55 Å². The average Bonchev–Trinajstić information content (AvgIpc) is 2.65. The lowest BCUT2D eigenvalue weighted by Gasteiger charge is -2.36. The largest absolute Gasteiger partial charge is 0.481 e. The highest BCUT2D eigenvalue weighted by Gasteiger charge is 2.37. The molecule has 1 aliphatic carbocycles. The third kappa shape index (κ3) is 1.89. The number of hydrogen-bond acceptors (Lipinski definition) is 2. The Morgan fingerprint density at radius 1 is 1.44 bits per heavy atom. The van der Waals surface area contributed by atoms with Gasteiger partial charge in [-0.25, -0.2) is 4.79 Å². The summed E-state index contributed by atoms with van der Waals surface area (Å²) in [4.78, 5) is 25.2. The van der Waals surface area contributed by atoms with Gasteiger partial charge in [0.15, 0.2) is 0 Å². The van der Waals surface area contributed by atoms with Crippen molar-refractivity contribution in [3.63, 3.8) is 0 Å². The van der Waals surface area contributed by atoms with Gasteiger partial charge < -0.3 is 10.1 Å². The first-order valence-electron chi connectivity index (χ1n) is 5.62. The normalized spacial score (nSPS) is 19.5. The first-order valence-corrected chi connectivity index (χ1v) is 5.62. The molecule has 0 amide bonds. The molecule has 0 saturated heterocycles. The number of nitrogens with one attached hydrogen (secondary N) is 1. The van der Waals surface area contributed by atoms with Crippen LogP contribution in [0.4, 0.5) is 0 Å². The van der Waals surface area contributed by atoms with E-state index in [-0.39, 0.29) is 12.1 Å². The Hall–Kier alpha value is -1.52. The van der Waals surface area contributed by atoms with Crippen LogP contribution < -0.4 is 5.69 Å². The van der Waals surface area contributed by atoms with E-state index in [0.29, 0.717) is 0 Å². The Labute approximate surface area is 93.1 Å². The maximum Gasteiger partial charge on any atom is 0.326 e. The molecule has 0 aromatic carbocycles. The fourth-order valence-electron chi connectivity index (χ4n) is 2.69. The lowest BCUT2D eigenvalue weighted by Crippen LogP contribution is -2.43. The number of rotatable bonds is 3. The summed E-state index contributed by atoms with van der Waals surface area (Å²) in [6.45, 7) is 0. The molecule has 16 heavy (non-hydrogen) atoms. The Bertz CT molecular complexity index is 426. The van der Waals surface area contributed by atoms with E-state index in [2.05, 4.69) is 4.98 Å². The van der Waals surface area contributed by atoms with Crippen LogP contribution >= 0.6 is 0 Å². The molecule has 1 saturated carbocycles. The predicted molar refractivity (Wildman–Crippen MR) is 58.4 cm³/mol. The number of aromatic amines is 1. The summed E-state index contributed by atoms with van der Waals surface area (Å²) in [7, 11) is 0. The van der Waals surface area contributed by atoms with Crippen LogP contribution in [0.1, 0.15) is 38.5 Å². The van der Waals surface area contributed by atoms with Gasteiger partial charge in [0.25, 0.3) is 0 Å². The molecule has 1 fully saturated rings. The number of nitrogens with zero attached hydrogens (tertiary/aromatic N) is 1. The average molecular weight is 224 g/mol. The highest BCUT2D eigenvalue weighted by molar-refractivity contribution is 5.68. The zero-order chi connectivity index (χ0) is 11.6. The van der Waals surface area contributed by atoms with E-state index < -0.39 is 11.5 Å². The lowest BCUT2D eigenvalue weighted by atomic mass is 9.79. The van der Waals surface area contributed by atoms with Gasteiger partial charge in [0, 0.05) is 12.4 Å². The van der Waals surface area contributed by atoms with Gasteiger partial charge in [-0.2, -0.15) is 0 Å². The number of carbonyl (C=O) groups is 1. The second-order valence-corrected chi connectivity index (χ2v) is 4.49.